The lowest BCUT2D eigenvalue weighted by atomic mass is 9.33. The van der Waals surface area contributed by atoms with Crippen LogP contribution in [0.1, 0.15) is 119 Å². The molecule has 0 spiro atoms. The number of aliphatic carboxylic acids is 1. The summed E-state index contributed by atoms with van der Waals surface area (Å²) in [5, 5.41) is 66.1. The van der Waals surface area contributed by atoms with Gasteiger partial charge in [-0.05, 0) is 104 Å². The van der Waals surface area contributed by atoms with E-state index in [0.29, 0.717) is 25.7 Å². The van der Waals surface area contributed by atoms with Crippen LogP contribution in [0.25, 0.3) is 0 Å². The van der Waals surface area contributed by atoms with Crippen molar-refractivity contribution in [2.45, 2.75) is 162 Å². The number of carbonyl (C=O) groups is 2. The van der Waals surface area contributed by atoms with Gasteiger partial charge in [0.15, 0.2) is 6.29 Å². The van der Waals surface area contributed by atoms with Gasteiger partial charge in [-0.3, -0.25) is 9.59 Å². The van der Waals surface area contributed by atoms with Gasteiger partial charge in [-0.25, -0.2) is 0 Å². The Bertz CT molecular complexity index is 1380. The molecule has 0 aromatic heterocycles. The second kappa shape index (κ2) is 13.3. The lowest BCUT2D eigenvalue weighted by molar-refractivity contribution is -0.333. The van der Waals surface area contributed by atoms with Gasteiger partial charge < -0.3 is 44.8 Å². The zero-order chi connectivity index (χ0) is 37.5. The number of fused-ring (bicyclic) bond motifs is 7. The summed E-state index contributed by atoms with van der Waals surface area (Å²) in [5.41, 5.74) is -1.52. The number of aliphatic hydroxyl groups is 5. The number of esters is 1. The summed E-state index contributed by atoms with van der Waals surface area (Å²) in [7, 11) is 0. The molecule has 6 rings (SSSR count). The molecule has 0 amide bonds. The number of aliphatic hydroxyl groups excluding tert-OH is 5. The molecule has 15 atom stereocenters. The van der Waals surface area contributed by atoms with Crippen molar-refractivity contribution < 1.29 is 54.4 Å². The number of carboxylic acid groups (broad SMARTS) is 1. The zero-order valence-electron chi connectivity index (χ0n) is 31.8. The maximum Gasteiger partial charge on any atom is 0.312 e. The van der Waals surface area contributed by atoms with Crippen LogP contribution >= 0.6 is 0 Å². The van der Waals surface area contributed by atoms with E-state index in [0.717, 1.165) is 38.5 Å². The van der Waals surface area contributed by atoms with Crippen LogP contribution in [-0.2, 0) is 23.8 Å². The molecular weight excluding hydrogens is 656 g/mol. The molecular formula is C40H64O11. The molecule has 0 aromatic carbocycles. The molecule has 11 nitrogen and oxygen atoms in total. The summed E-state index contributed by atoms with van der Waals surface area (Å²) in [5.74, 6) is -1.30. The van der Waals surface area contributed by atoms with Crippen molar-refractivity contribution in [2.24, 2.45) is 50.2 Å². The number of allylic oxidation sites excluding steroid dienone is 2. The van der Waals surface area contributed by atoms with Crippen LogP contribution in [0, 0.1) is 50.2 Å². The number of ether oxygens (including phenoxy) is 3. The maximum absolute atomic E-state index is 13.1. The summed E-state index contributed by atoms with van der Waals surface area (Å²) < 4.78 is 17.7. The maximum atomic E-state index is 13.1. The standard InChI is InChI=1S/C40H64O11/c1-8-9-29(43)49-20-24-30(44)31(45)32(46)33(50-24)51-28-13-14-36(4)25(37(28,5)21-41)12-15-38(6)26(36)11-10-22-23-18-35(2,3)16-17-40(23,34(47)48)27(42)19-39(22,38)7/h10,23-28,30-33,41-42,44-46H,8-9,11-21H2,1-7H3,(H,47,48)/t23-,24+,25+,26+,27+,28-,30+,31-,32+,33-,36-,37+,38+,39+,40+/m0/s1. The highest BCUT2D eigenvalue weighted by Crippen LogP contribution is 2.76. The molecule has 1 saturated heterocycles. The van der Waals surface area contributed by atoms with Gasteiger partial charge >= 0.3 is 11.9 Å². The molecule has 5 aliphatic carbocycles. The third-order valence-corrected chi connectivity index (χ3v) is 16.0. The van der Waals surface area contributed by atoms with Gasteiger partial charge in [-0.1, -0.05) is 60.1 Å². The highest BCUT2D eigenvalue weighted by molar-refractivity contribution is 5.77. The van der Waals surface area contributed by atoms with Gasteiger partial charge in [0.1, 0.15) is 36.4 Å². The van der Waals surface area contributed by atoms with E-state index in [9.17, 15) is 40.2 Å². The van der Waals surface area contributed by atoms with Crippen LogP contribution in [0.2, 0.25) is 0 Å². The molecule has 0 aromatic rings. The van der Waals surface area contributed by atoms with Crippen LogP contribution in [0.3, 0.4) is 0 Å². The Balaban J connectivity index is 1.27. The summed E-state index contributed by atoms with van der Waals surface area (Å²) in [4.78, 5) is 25.1. The Labute approximate surface area is 303 Å². The van der Waals surface area contributed by atoms with Crippen LogP contribution < -0.4 is 0 Å². The van der Waals surface area contributed by atoms with Gasteiger partial charge in [-0.15, -0.1) is 0 Å². The fourth-order valence-electron chi connectivity index (χ4n) is 12.7. The van der Waals surface area contributed by atoms with Gasteiger partial charge in [0.05, 0.1) is 18.8 Å². The molecule has 0 bridgehead atoms. The second-order valence-electron chi connectivity index (χ2n) is 19.1. The summed E-state index contributed by atoms with van der Waals surface area (Å²) in [6.07, 6.45) is 0.881. The van der Waals surface area contributed by atoms with E-state index in [-0.39, 0.29) is 53.6 Å². The first-order valence-electron chi connectivity index (χ1n) is 19.5. The monoisotopic (exact) mass is 720 g/mol. The molecule has 6 aliphatic rings. The van der Waals surface area contributed by atoms with Gasteiger partial charge in [0.25, 0.3) is 0 Å². The van der Waals surface area contributed by atoms with Crippen molar-refractivity contribution in [3.8, 4) is 0 Å². The third kappa shape index (κ3) is 5.77. The minimum absolute atomic E-state index is 0.0194. The summed E-state index contributed by atoms with van der Waals surface area (Å²) in [6.45, 7) is 14.9. The van der Waals surface area contributed by atoms with E-state index in [1.165, 1.54) is 5.57 Å². The molecule has 0 radical (unpaired) electrons. The summed E-state index contributed by atoms with van der Waals surface area (Å²) >= 11 is 0. The lowest BCUT2D eigenvalue weighted by Gasteiger charge is -2.71. The molecule has 1 heterocycles. The summed E-state index contributed by atoms with van der Waals surface area (Å²) in [6, 6.07) is 0. The fraction of sp³-hybridized carbons (Fsp3) is 0.900. The Hall–Kier alpha value is -1.60. The van der Waals surface area contributed by atoms with Crippen molar-refractivity contribution in [3.63, 3.8) is 0 Å². The normalized spacial score (nSPS) is 50.5. The van der Waals surface area contributed by atoms with Crippen LogP contribution in [0.4, 0.5) is 0 Å². The molecule has 11 heteroatoms. The Morgan fingerprint density at radius 3 is 2.25 bits per heavy atom. The van der Waals surface area contributed by atoms with Crippen molar-refractivity contribution in [1.82, 2.24) is 0 Å². The van der Waals surface area contributed by atoms with Crippen molar-refractivity contribution in [3.05, 3.63) is 11.6 Å². The van der Waals surface area contributed by atoms with Gasteiger partial charge in [0.2, 0.25) is 0 Å². The molecule has 1 aliphatic heterocycles. The van der Waals surface area contributed by atoms with E-state index in [2.05, 4.69) is 40.7 Å². The predicted molar refractivity (Wildman–Crippen MR) is 187 cm³/mol. The quantitative estimate of drug-likeness (QED) is 0.119. The predicted octanol–water partition coefficient (Wildman–Crippen LogP) is 4.35. The van der Waals surface area contributed by atoms with Crippen LogP contribution in [-0.4, -0.2) is 98.7 Å². The third-order valence-electron chi connectivity index (χ3n) is 16.0. The lowest BCUT2D eigenvalue weighted by Crippen LogP contribution is -2.68. The van der Waals surface area contributed by atoms with E-state index in [1.54, 1.807) is 0 Å². The van der Waals surface area contributed by atoms with Gasteiger partial charge in [0, 0.05) is 11.8 Å². The number of carboxylic acids is 1. The SMILES string of the molecule is CCCC(=O)OC[C@H]1O[C@@H](O[C@H]2CC[C@@]3(C)[C@@H](CC[C@]4(C)[C@@H]3CC=C3[C@@H]5CC(C)(C)CC[C@]5(C(=O)O)[C@H](O)C[C@]34C)[C@@]2(C)CO)[C@H](O)[C@@H](O)[C@@H]1O. The largest absolute Gasteiger partial charge is 0.481 e. The van der Waals surface area contributed by atoms with Crippen LogP contribution in [0.15, 0.2) is 11.6 Å². The second-order valence-corrected chi connectivity index (χ2v) is 19.1. The topological polar surface area (TPSA) is 183 Å². The highest BCUT2D eigenvalue weighted by atomic mass is 16.7. The fourth-order valence-corrected chi connectivity index (χ4v) is 12.7. The molecule has 51 heavy (non-hydrogen) atoms. The molecule has 6 N–H and O–H groups in total. The number of hydrogen-bond donors (Lipinski definition) is 6. The average Bonchev–Trinajstić information content (AvgIpc) is 3.05. The zero-order valence-corrected chi connectivity index (χ0v) is 31.8. The van der Waals surface area contributed by atoms with E-state index < -0.39 is 71.1 Å². The molecule has 4 saturated carbocycles. The first-order valence-corrected chi connectivity index (χ1v) is 19.5. The molecule has 0 unspecified atom stereocenters. The van der Waals surface area contributed by atoms with Gasteiger partial charge in [-0.2, -0.15) is 0 Å². The first-order chi connectivity index (χ1) is 23.8. The van der Waals surface area contributed by atoms with E-state index >= 15 is 0 Å². The molecule has 290 valence electrons. The van der Waals surface area contributed by atoms with Crippen molar-refractivity contribution in [1.29, 1.82) is 0 Å². The number of rotatable bonds is 8. The highest BCUT2D eigenvalue weighted by Gasteiger charge is 2.71. The Kier molecular flexibility index (Phi) is 10.2. The van der Waals surface area contributed by atoms with Crippen molar-refractivity contribution in [2.75, 3.05) is 13.2 Å². The Morgan fingerprint density at radius 1 is 0.902 bits per heavy atom. The Morgan fingerprint density at radius 2 is 1.61 bits per heavy atom. The van der Waals surface area contributed by atoms with Crippen LogP contribution in [0.5, 0.6) is 0 Å². The van der Waals surface area contributed by atoms with E-state index in [4.69, 9.17) is 14.2 Å². The first kappa shape index (κ1) is 39.1. The minimum Gasteiger partial charge on any atom is -0.481 e. The molecule has 5 fully saturated rings. The number of hydrogen-bond acceptors (Lipinski definition) is 10. The minimum atomic E-state index is -1.58. The van der Waals surface area contributed by atoms with Crippen molar-refractivity contribution >= 4 is 11.9 Å². The number of carbonyl (C=O) groups excluding carboxylic acids is 1. The average molecular weight is 721 g/mol. The smallest absolute Gasteiger partial charge is 0.312 e. The van der Waals surface area contributed by atoms with E-state index in [1.807, 2.05) is 13.8 Å².